The highest BCUT2D eigenvalue weighted by molar-refractivity contribution is 9.09. The Hall–Kier alpha value is 0.830. The van der Waals surface area contributed by atoms with E-state index in [9.17, 15) is 0 Å². The van der Waals surface area contributed by atoms with Crippen molar-refractivity contribution >= 4 is 27.7 Å². The van der Waals surface area contributed by atoms with Crippen LogP contribution in [0.25, 0.3) is 0 Å². The Morgan fingerprint density at radius 3 is 2.67 bits per heavy atom. The molecule has 0 amide bonds. The molecule has 0 bridgehead atoms. The number of thioether (sulfide) groups is 1. The van der Waals surface area contributed by atoms with Gasteiger partial charge < -0.3 is 0 Å². The first-order chi connectivity index (χ1) is 5.75. The van der Waals surface area contributed by atoms with Crippen molar-refractivity contribution in [2.45, 2.75) is 37.4 Å². The predicted molar refractivity (Wildman–Crippen MR) is 62.2 cm³/mol. The van der Waals surface area contributed by atoms with Gasteiger partial charge in [-0.2, -0.15) is 11.8 Å². The van der Waals surface area contributed by atoms with E-state index in [-0.39, 0.29) is 0 Å². The van der Waals surface area contributed by atoms with Crippen molar-refractivity contribution in [3.63, 3.8) is 0 Å². The largest absolute Gasteiger partial charge is 0.165 e. The third-order valence-electron chi connectivity index (χ3n) is 3.05. The van der Waals surface area contributed by atoms with Crippen LogP contribution in [0.4, 0.5) is 0 Å². The lowest BCUT2D eigenvalue weighted by molar-refractivity contribution is 0.395. The highest BCUT2D eigenvalue weighted by atomic mass is 79.9. The van der Waals surface area contributed by atoms with E-state index in [1.54, 1.807) is 0 Å². The second kappa shape index (κ2) is 5.54. The quantitative estimate of drug-likeness (QED) is 0.538. The Kier molecular flexibility index (Phi) is 5.03. The molecule has 3 atom stereocenters. The highest BCUT2D eigenvalue weighted by Gasteiger charge is 2.29. The molecule has 1 aliphatic rings. The molecule has 0 nitrogen and oxygen atoms in total. The van der Waals surface area contributed by atoms with Crippen molar-refractivity contribution < 1.29 is 0 Å². The second-order valence-electron chi connectivity index (χ2n) is 3.85. The first kappa shape index (κ1) is 10.9. The van der Waals surface area contributed by atoms with Crippen LogP contribution in [0.15, 0.2) is 0 Å². The zero-order valence-electron chi connectivity index (χ0n) is 8.05. The van der Waals surface area contributed by atoms with E-state index in [1.807, 2.05) is 11.8 Å². The molecule has 0 N–H and O–H groups in total. The summed E-state index contributed by atoms with van der Waals surface area (Å²) in [5, 5.41) is 0. The topological polar surface area (TPSA) is 0 Å². The van der Waals surface area contributed by atoms with Crippen molar-refractivity contribution in [2.24, 2.45) is 11.8 Å². The number of hydrogen-bond donors (Lipinski definition) is 0. The lowest BCUT2D eigenvalue weighted by atomic mass is 9.94. The molecule has 0 radical (unpaired) electrons. The Labute approximate surface area is 89.0 Å². The van der Waals surface area contributed by atoms with Gasteiger partial charge in [0.25, 0.3) is 0 Å². The van der Waals surface area contributed by atoms with E-state index in [0.717, 1.165) is 16.7 Å². The van der Waals surface area contributed by atoms with Gasteiger partial charge in [-0.05, 0) is 49.5 Å². The average molecular weight is 251 g/mol. The van der Waals surface area contributed by atoms with E-state index >= 15 is 0 Å². The summed E-state index contributed by atoms with van der Waals surface area (Å²) < 4.78 is 0. The molecule has 1 fully saturated rings. The predicted octanol–water partition coefficient (Wildman–Crippen LogP) is 3.94. The van der Waals surface area contributed by atoms with Gasteiger partial charge in [-0.3, -0.25) is 0 Å². The van der Waals surface area contributed by atoms with Crippen LogP contribution < -0.4 is 0 Å². The normalized spacial score (nSPS) is 35.8. The Bertz CT molecular complexity index is 127. The maximum absolute atomic E-state index is 3.75. The number of hydrogen-bond acceptors (Lipinski definition) is 1. The van der Waals surface area contributed by atoms with E-state index in [4.69, 9.17) is 0 Å². The Morgan fingerprint density at radius 2 is 2.17 bits per heavy atom. The minimum absolute atomic E-state index is 0.803. The summed E-state index contributed by atoms with van der Waals surface area (Å²) >= 11 is 5.72. The van der Waals surface area contributed by atoms with E-state index < -0.39 is 0 Å². The molecular weight excluding hydrogens is 232 g/mol. The Balaban J connectivity index is 2.16. The summed E-state index contributed by atoms with van der Waals surface area (Å²) in [6.45, 7) is 2.40. The van der Waals surface area contributed by atoms with Gasteiger partial charge in [0.2, 0.25) is 0 Å². The lowest BCUT2D eigenvalue weighted by Gasteiger charge is -2.16. The maximum atomic E-state index is 3.75. The molecule has 1 aliphatic carbocycles. The highest BCUT2D eigenvalue weighted by Crippen LogP contribution is 2.38. The average Bonchev–Trinajstić information content (AvgIpc) is 2.36. The third-order valence-corrected chi connectivity index (χ3v) is 5.04. The first-order valence-electron chi connectivity index (χ1n) is 4.88. The van der Waals surface area contributed by atoms with Crippen molar-refractivity contribution in [1.82, 2.24) is 0 Å². The van der Waals surface area contributed by atoms with Gasteiger partial charge in [0.05, 0.1) is 0 Å². The fraction of sp³-hybridized carbons (Fsp3) is 1.00. The van der Waals surface area contributed by atoms with Gasteiger partial charge in [-0.15, -0.1) is 0 Å². The van der Waals surface area contributed by atoms with E-state index in [0.29, 0.717) is 0 Å². The SMILES string of the molecule is CSCCCC1CCC(Br)C1C. The van der Waals surface area contributed by atoms with Crippen LogP contribution in [0.3, 0.4) is 0 Å². The van der Waals surface area contributed by atoms with E-state index in [2.05, 4.69) is 29.1 Å². The number of alkyl halides is 1. The molecule has 0 aliphatic heterocycles. The molecule has 12 heavy (non-hydrogen) atoms. The Morgan fingerprint density at radius 1 is 1.42 bits per heavy atom. The number of halogens is 1. The molecule has 0 aromatic heterocycles. The van der Waals surface area contributed by atoms with Gasteiger partial charge in [0.1, 0.15) is 0 Å². The van der Waals surface area contributed by atoms with E-state index in [1.165, 1.54) is 31.4 Å². The van der Waals surface area contributed by atoms with Crippen molar-refractivity contribution in [2.75, 3.05) is 12.0 Å². The minimum Gasteiger partial charge on any atom is -0.165 e. The molecule has 72 valence electrons. The van der Waals surface area contributed by atoms with Crippen molar-refractivity contribution in [1.29, 1.82) is 0 Å². The molecule has 3 unspecified atom stereocenters. The zero-order valence-corrected chi connectivity index (χ0v) is 10.5. The maximum Gasteiger partial charge on any atom is 0.0174 e. The van der Waals surface area contributed by atoms with Gasteiger partial charge in [0, 0.05) is 4.83 Å². The van der Waals surface area contributed by atoms with Crippen molar-refractivity contribution in [3.8, 4) is 0 Å². The first-order valence-corrected chi connectivity index (χ1v) is 7.19. The lowest BCUT2D eigenvalue weighted by Crippen LogP contribution is -2.10. The fourth-order valence-electron chi connectivity index (χ4n) is 2.09. The molecule has 0 saturated heterocycles. The monoisotopic (exact) mass is 250 g/mol. The van der Waals surface area contributed by atoms with Crippen LogP contribution in [0.5, 0.6) is 0 Å². The summed E-state index contributed by atoms with van der Waals surface area (Å²) in [5.41, 5.74) is 0. The van der Waals surface area contributed by atoms with Crippen LogP contribution in [-0.2, 0) is 0 Å². The fourth-order valence-corrected chi connectivity index (χ4v) is 3.24. The second-order valence-corrected chi connectivity index (χ2v) is 6.01. The molecular formula is C10H19BrS. The summed E-state index contributed by atoms with van der Waals surface area (Å²) in [6.07, 6.45) is 7.90. The van der Waals surface area contributed by atoms with Gasteiger partial charge in [0.15, 0.2) is 0 Å². The van der Waals surface area contributed by atoms with Crippen molar-refractivity contribution in [3.05, 3.63) is 0 Å². The minimum atomic E-state index is 0.803. The van der Waals surface area contributed by atoms with Gasteiger partial charge >= 0.3 is 0 Å². The summed E-state index contributed by atoms with van der Waals surface area (Å²) in [7, 11) is 0. The van der Waals surface area contributed by atoms with Crippen LogP contribution in [0, 0.1) is 11.8 Å². The molecule has 0 aromatic rings. The summed E-state index contributed by atoms with van der Waals surface area (Å²) in [4.78, 5) is 0.803. The van der Waals surface area contributed by atoms with Gasteiger partial charge in [-0.25, -0.2) is 0 Å². The molecule has 0 spiro atoms. The van der Waals surface area contributed by atoms with Gasteiger partial charge in [-0.1, -0.05) is 22.9 Å². The number of rotatable bonds is 4. The van der Waals surface area contributed by atoms with Crippen LogP contribution in [-0.4, -0.2) is 16.8 Å². The molecule has 1 rings (SSSR count). The van der Waals surface area contributed by atoms with Crippen LogP contribution in [0.2, 0.25) is 0 Å². The summed E-state index contributed by atoms with van der Waals surface area (Å²) in [5.74, 6) is 3.25. The van der Waals surface area contributed by atoms with Crippen LogP contribution >= 0.6 is 27.7 Å². The summed E-state index contributed by atoms with van der Waals surface area (Å²) in [6, 6.07) is 0. The molecule has 1 saturated carbocycles. The molecule has 2 heteroatoms. The van der Waals surface area contributed by atoms with Crippen LogP contribution in [0.1, 0.15) is 32.6 Å². The smallest absolute Gasteiger partial charge is 0.0174 e. The standard InChI is InChI=1S/C10H19BrS/c1-8-9(4-3-7-12-2)5-6-10(8)11/h8-10H,3-7H2,1-2H3. The third kappa shape index (κ3) is 2.95. The molecule has 0 heterocycles. The zero-order chi connectivity index (χ0) is 8.97. The molecule has 0 aromatic carbocycles.